The van der Waals surface area contributed by atoms with E-state index in [4.69, 9.17) is 4.42 Å². The van der Waals surface area contributed by atoms with Gasteiger partial charge in [-0.15, -0.1) is 0 Å². The minimum atomic E-state index is 0.152. The molecule has 0 saturated heterocycles. The molecule has 0 fully saturated rings. The second-order valence-electron chi connectivity index (χ2n) is 23.3. The topological polar surface area (TPSA) is 85.4 Å². The van der Waals surface area contributed by atoms with Gasteiger partial charge >= 0.3 is 0 Å². The lowest BCUT2D eigenvalue weighted by Crippen LogP contribution is -2.17. The van der Waals surface area contributed by atoms with Gasteiger partial charge < -0.3 is 27.3 Å². The Bertz CT molecular complexity index is 6200. The maximum atomic E-state index is 12.9. The van der Waals surface area contributed by atoms with Crippen molar-refractivity contribution in [2.45, 2.75) is 6.54 Å². The van der Waals surface area contributed by atoms with Gasteiger partial charge in [-0.1, -0.05) is 200 Å². The number of aromatic nitrogens is 5. The average Bonchev–Trinajstić information content (AvgIpc) is 1.65. The van der Waals surface area contributed by atoms with Crippen molar-refractivity contribution in [1.29, 1.82) is 10.5 Å². The lowest BCUT2D eigenvalue weighted by Gasteiger charge is -2.26. The molecule has 0 aliphatic heterocycles. The predicted octanol–water partition coefficient (Wildman–Crippen LogP) is 20.5. The standard InChI is InChI=1S/C81H47N7O/c82-46-64-66(48-84-74-45-49(41-42-59(74)62-43-44-63-60-30-11-19-40-75(60)89-81(63)80(62)84)51-31-20-32-61-58-29-10-12-33-67(58)85(76(51)61)50-21-2-1-3-22-50)77(86-68-34-13-4-23-52(68)53-24-5-14-35-69(53)86)65(47-83)79(88-72-38-17-8-27-56(72)57-28-9-18-39-73(57)88)78(64)87-70-36-15-6-25-54(70)55-26-7-16-37-71(55)87/h1-45H,48H2. The summed E-state index contributed by atoms with van der Waals surface area (Å²) in [4.78, 5) is 0. The Labute approximate surface area is 508 Å². The van der Waals surface area contributed by atoms with Crippen molar-refractivity contribution in [1.82, 2.24) is 22.8 Å². The number of furan rings is 1. The lowest BCUT2D eigenvalue weighted by atomic mass is 9.95. The number of para-hydroxylation sites is 10. The van der Waals surface area contributed by atoms with Crippen LogP contribution in [0.5, 0.6) is 0 Å². The maximum Gasteiger partial charge on any atom is 0.159 e. The van der Waals surface area contributed by atoms with Crippen LogP contribution in [0, 0.1) is 22.7 Å². The van der Waals surface area contributed by atoms with Crippen LogP contribution in [0.1, 0.15) is 16.7 Å². The number of nitriles is 2. The number of fused-ring (bicyclic) bond motifs is 19. The zero-order valence-corrected chi connectivity index (χ0v) is 47.7. The summed E-state index contributed by atoms with van der Waals surface area (Å²) >= 11 is 0. The molecule has 6 heterocycles. The van der Waals surface area contributed by atoms with E-state index in [-0.39, 0.29) is 6.54 Å². The zero-order chi connectivity index (χ0) is 58.6. The molecule has 19 rings (SSSR count). The molecule has 0 aliphatic rings. The van der Waals surface area contributed by atoms with E-state index in [1.165, 1.54) is 5.39 Å². The molecular weight excluding hydrogens is 1090 g/mol. The quantitative estimate of drug-likeness (QED) is 0.159. The van der Waals surface area contributed by atoms with Gasteiger partial charge in [0.15, 0.2) is 5.58 Å². The van der Waals surface area contributed by atoms with Crippen LogP contribution in [0.2, 0.25) is 0 Å². The van der Waals surface area contributed by atoms with E-state index < -0.39 is 0 Å². The molecule has 6 aromatic heterocycles. The van der Waals surface area contributed by atoms with Crippen molar-refractivity contribution in [3.05, 3.63) is 290 Å². The zero-order valence-electron chi connectivity index (χ0n) is 47.7. The Morgan fingerprint density at radius 2 is 0.697 bits per heavy atom. The van der Waals surface area contributed by atoms with Crippen molar-refractivity contribution in [2.24, 2.45) is 0 Å². The fourth-order valence-corrected chi connectivity index (χ4v) is 15.3. The van der Waals surface area contributed by atoms with Gasteiger partial charge in [-0.25, -0.2) is 0 Å². The third-order valence-corrected chi connectivity index (χ3v) is 18.9. The van der Waals surface area contributed by atoms with Gasteiger partial charge in [0.25, 0.3) is 0 Å². The summed E-state index contributed by atoms with van der Waals surface area (Å²) in [5, 5.41) is 38.3. The largest absolute Gasteiger partial charge is 0.454 e. The van der Waals surface area contributed by atoms with Crippen molar-refractivity contribution < 1.29 is 4.42 Å². The number of nitrogens with zero attached hydrogens (tertiary/aromatic N) is 7. The molecule has 412 valence electrons. The maximum absolute atomic E-state index is 12.9. The third kappa shape index (κ3) is 6.69. The van der Waals surface area contributed by atoms with Crippen molar-refractivity contribution in [2.75, 3.05) is 0 Å². The van der Waals surface area contributed by atoms with Crippen LogP contribution < -0.4 is 0 Å². The van der Waals surface area contributed by atoms with E-state index in [0.29, 0.717) is 33.8 Å². The molecule has 0 spiro atoms. The van der Waals surface area contributed by atoms with Crippen LogP contribution >= 0.6 is 0 Å². The van der Waals surface area contributed by atoms with Gasteiger partial charge in [0.05, 0.1) is 84.3 Å². The summed E-state index contributed by atoms with van der Waals surface area (Å²) < 4.78 is 18.7. The summed E-state index contributed by atoms with van der Waals surface area (Å²) in [5.74, 6) is 0. The molecule has 0 radical (unpaired) electrons. The van der Waals surface area contributed by atoms with E-state index >= 15 is 0 Å². The first-order chi connectivity index (χ1) is 44.1. The average molecular weight is 1130 g/mol. The van der Waals surface area contributed by atoms with Crippen molar-refractivity contribution >= 4 is 131 Å². The normalized spacial score (nSPS) is 12.1. The number of hydrogen-bond acceptors (Lipinski definition) is 3. The molecule has 0 bridgehead atoms. The molecule has 19 aromatic rings. The molecule has 0 saturated carbocycles. The van der Waals surface area contributed by atoms with Crippen LogP contribution in [0.4, 0.5) is 0 Å². The first kappa shape index (κ1) is 49.0. The molecular formula is C81H47N7O. The Morgan fingerprint density at radius 3 is 1.22 bits per heavy atom. The molecule has 0 unspecified atom stereocenters. The smallest absolute Gasteiger partial charge is 0.159 e. The van der Waals surface area contributed by atoms with Gasteiger partial charge in [0.1, 0.15) is 23.3 Å². The lowest BCUT2D eigenvalue weighted by molar-refractivity contribution is 0.669. The number of hydrogen-bond donors (Lipinski definition) is 0. The second-order valence-corrected chi connectivity index (χ2v) is 23.3. The molecule has 8 nitrogen and oxygen atoms in total. The summed E-state index contributed by atoms with van der Waals surface area (Å²) in [7, 11) is 0. The van der Waals surface area contributed by atoms with Crippen LogP contribution in [0.15, 0.2) is 277 Å². The van der Waals surface area contributed by atoms with E-state index in [0.717, 1.165) is 142 Å². The van der Waals surface area contributed by atoms with Gasteiger partial charge in [-0.05, 0) is 78.4 Å². The highest BCUT2D eigenvalue weighted by molar-refractivity contribution is 6.22. The summed E-state index contributed by atoms with van der Waals surface area (Å²) in [6, 6.07) is 102. The fraction of sp³-hybridized carbons (Fsp3) is 0.0123. The monoisotopic (exact) mass is 1130 g/mol. The van der Waals surface area contributed by atoms with Gasteiger partial charge in [-0.3, -0.25) is 0 Å². The second kappa shape index (κ2) is 18.6. The SMILES string of the molecule is N#Cc1c(Cn2c3cc(-c4cccc5c6ccccc6n(-c6ccccc6)c45)ccc3c3ccc4c5ccccc5oc4c32)c(-n2c3ccccc3c3ccccc32)c(C#N)c(-n2c3ccccc3c3ccccc32)c1-n1c2ccccc2c2ccccc21. The number of rotatable bonds is 7. The fourth-order valence-electron chi connectivity index (χ4n) is 15.3. The van der Waals surface area contributed by atoms with Crippen molar-refractivity contribution in [3.63, 3.8) is 0 Å². The first-order valence-electron chi connectivity index (χ1n) is 30.1. The molecule has 0 aliphatic carbocycles. The Hall–Kier alpha value is -12.4. The van der Waals surface area contributed by atoms with Gasteiger partial charge in [0, 0.05) is 81.4 Å². The predicted molar refractivity (Wildman–Crippen MR) is 364 cm³/mol. The van der Waals surface area contributed by atoms with Crippen LogP contribution in [-0.4, -0.2) is 22.8 Å². The van der Waals surface area contributed by atoms with E-state index in [2.05, 4.69) is 296 Å². The number of benzene rings is 13. The molecule has 0 N–H and O–H groups in total. The molecule has 0 atom stereocenters. The molecule has 8 heteroatoms. The van der Waals surface area contributed by atoms with Gasteiger partial charge in [-0.2, -0.15) is 10.5 Å². The van der Waals surface area contributed by atoms with E-state index in [1.54, 1.807) is 0 Å². The van der Waals surface area contributed by atoms with E-state index in [1.807, 2.05) is 12.1 Å². The third-order valence-electron chi connectivity index (χ3n) is 18.9. The highest BCUT2D eigenvalue weighted by Gasteiger charge is 2.34. The minimum Gasteiger partial charge on any atom is -0.454 e. The molecule has 13 aromatic carbocycles. The molecule has 89 heavy (non-hydrogen) atoms. The van der Waals surface area contributed by atoms with Crippen LogP contribution in [0.3, 0.4) is 0 Å². The Kier molecular flexibility index (Phi) is 10.2. The van der Waals surface area contributed by atoms with Crippen molar-refractivity contribution in [3.8, 4) is 46.0 Å². The van der Waals surface area contributed by atoms with Gasteiger partial charge in [0.2, 0.25) is 0 Å². The minimum absolute atomic E-state index is 0.152. The first-order valence-corrected chi connectivity index (χ1v) is 30.1. The summed E-state index contributed by atoms with van der Waals surface area (Å²) in [6.07, 6.45) is 0. The van der Waals surface area contributed by atoms with Crippen LogP contribution in [-0.2, 0) is 6.54 Å². The highest BCUT2D eigenvalue weighted by Crippen LogP contribution is 2.49. The summed E-state index contributed by atoms with van der Waals surface area (Å²) in [5.41, 5.74) is 17.7. The summed E-state index contributed by atoms with van der Waals surface area (Å²) in [6.45, 7) is 0.152. The highest BCUT2D eigenvalue weighted by atomic mass is 16.3. The molecule has 0 amide bonds. The Morgan fingerprint density at radius 1 is 0.303 bits per heavy atom. The Balaban J connectivity index is 1.02. The van der Waals surface area contributed by atoms with Crippen LogP contribution in [0.25, 0.3) is 165 Å². The van der Waals surface area contributed by atoms with E-state index in [9.17, 15) is 10.5 Å².